The topological polar surface area (TPSA) is 114 Å². The molecule has 47 heavy (non-hydrogen) atoms. The molecule has 0 radical (unpaired) electrons. The average molecular weight is 629 g/mol. The first kappa shape index (κ1) is 33.7. The van der Waals surface area contributed by atoms with Gasteiger partial charge in [-0.3, -0.25) is 29.9 Å². The molecule has 0 unspecified atom stereocenters. The largest absolute Gasteiger partial charge is 0.497 e. The highest BCUT2D eigenvalue weighted by atomic mass is 16.5. The summed E-state index contributed by atoms with van der Waals surface area (Å²) in [4.78, 5) is 25.5. The number of allylic oxidation sites excluding steroid dienone is 1. The van der Waals surface area contributed by atoms with Crippen molar-refractivity contribution in [1.29, 1.82) is 0 Å². The van der Waals surface area contributed by atoms with Crippen molar-refractivity contribution in [3.8, 4) is 57.2 Å². The Balaban J connectivity index is 0.000000160. The quantitative estimate of drug-likeness (QED) is 0.152. The van der Waals surface area contributed by atoms with E-state index in [1.165, 1.54) is 5.56 Å². The first-order valence-electron chi connectivity index (χ1n) is 14.5. The Morgan fingerprint density at radius 3 is 1.15 bits per heavy atom. The van der Waals surface area contributed by atoms with Crippen LogP contribution < -0.4 is 18.9 Å². The summed E-state index contributed by atoms with van der Waals surface area (Å²) in [5.74, 6) is 3.04. The normalized spacial score (nSPS) is 9.87. The number of rotatable bonds is 9. The van der Waals surface area contributed by atoms with Crippen LogP contribution in [0.15, 0.2) is 129 Å². The van der Waals surface area contributed by atoms with Crippen molar-refractivity contribution < 1.29 is 18.9 Å². The van der Waals surface area contributed by atoms with E-state index in [1.54, 1.807) is 83.7 Å². The molecule has 0 N–H and O–H groups in total. The van der Waals surface area contributed by atoms with Gasteiger partial charge in [-0.2, -0.15) is 0 Å². The van der Waals surface area contributed by atoms with Crippen molar-refractivity contribution in [1.82, 2.24) is 29.9 Å². The van der Waals surface area contributed by atoms with Gasteiger partial charge in [0.05, 0.1) is 62.6 Å². The van der Waals surface area contributed by atoms with Crippen molar-refractivity contribution in [3.63, 3.8) is 0 Å². The summed E-state index contributed by atoms with van der Waals surface area (Å²) in [6.45, 7) is 3.72. The smallest absolute Gasteiger partial charge is 0.122 e. The molecule has 0 spiro atoms. The fourth-order valence-electron chi connectivity index (χ4n) is 4.14. The third-order valence-electron chi connectivity index (χ3n) is 6.52. The summed E-state index contributed by atoms with van der Waals surface area (Å²) in [5.41, 5.74) is 6.08. The van der Waals surface area contributed by atoms with Gasteiger partial charge in [0, 0.05) is 61.4 Å². The summed E-state index contributed by atoms with van der Waals surface area (Å²) in [6.07, 6.45) is 13.1. The van der Waals surface area contributed by atoms with Crippen LogP contribution in [0, 0.1) is 0 Å². The molecule has 10 heteroatoms. The summed E-state index contributed by atoms with van der Waals surface area (Å²) in [6, 6.07) is 24.4. The van der Waals surface area contributed by atoms with E-state index < -0.39 is 0 Å². The van der Waals surface area contributed by atoms with E-state index in [-0.39, 0.29) is 0 Å². The third-order valence-corrected chi connectivity index (χ3v) is 6.52. The summed E-state index contributed by atoms with van der Waals surface area (Å²) in [5, 5.41) is 0. The Hall–Kier alpha value is -6.16. The van der Waals surface area contributed by atoms with Gasteiger partial charge < -0.3 is 18.9 Å². The number of methoxy groups -OCH3 is 4. The number of ether oxygens (including phenoxy) is 4. The second kappa shape index (κ2) is 18.0. The number of hydrogen-bond acceptors (Lipinski definition) is 10. The Morgan fingerprint density at radius 2 is 0.809 bits per heavy atom. The van der Waals surface area contributed by atoms with Gasteiger partial charge in [-0.15, -0.1) is 6.58 Å². The van der Waals surface area contributed by atoms with Crippen LogP contribution in [-0.2, 0) is 6.42 Å². The minimum Gasteiger partial charge on any atom is -0.497 e. The minimum absolute atomic E-state index is 0.759. The lowest BCUT2D eigenvalue weighted by Gasteiger charge is -2.04. The highest BCUT2D eigenvalue weighted by molar-refractivity contribution is 5.59. The zero-order valence-corrected chi connectivity index (χ0v) is 26.8. The predicted octanol–water partition coefficient (Wildman–Crippen LogP) is 7.19. The molecule has 6 aromatic heterocycles. The molecular formula is C37H36N6O4. The maximum Gasteiger partial charge on any atom is 0.122 e. The summed E-state index contributed by atoms with van der Waals surface area (Å²) >= 11 is 0. The molecule has 0 amide bonds. The Kier molecular flexibility index (Phi) is 12.9. The number of aromatic nitrogens is 6. The molecule has 0 atom stereocenters. The van der Waals surface area contributed by atoms with Crippen LogP contribution >= 0.6 is 0 Å². The van der Waals surface area contributed by atoms with Gasteiger partial charge in [-0.05, 0) is 60.5 Å². The van der Waals surface area contributed by atoms with Crippen molar-refractivity contribution >= 4 is 0 Å². The molecule has 0 aliphatic heterocycles. The summed E-state index contributed by atoms with van der Waals surface area (Å²) in [7, 11) is 6.49. The Bertz CT molecular complexity index is 1670. The van der Waals surface area contributed by atoms with Crippen LogP contribution in [0.2, 0.25) is 0 Å². The predicted molar refractivity (Wildman–Crippen MR) is 183 cm³/mol. The van der Waals surface area contributed by atoms with Gasteiger partial charge in [0.2, 0.25) is 0 Å². The molecule has 0 aliphatic rings. The van der Waals surface area contributed by atoms with Crippen molar-refractivity contribution in [3.05, 3.63) is 134 Å². The van der Waals surface area contributed by atoms with Crippen LogP contribution in [0.25, 0.3) is 34.2 Å². The summed E-state index contributed by atoms with van der Waals surface area (Å²) < 4.78 is 20.5. The van der Waals surface area contributed by atoms with Crippen LogP contribution in [-0.4, -0.2) is 58.3 Å². The van der Waals surface area contributed by atoms with Crippen molar-refractivity contribution in [2.24, 2.45) is 0 Å². The zero-order valence-electron chi connectivity index (χ0n) is 26.8. The van der Waals surface area contributed by atoms with E-state index in [0.29, 0.717) is 0 Å². The van der Waals surface area contributed by atoms with E-state index >= 15 is 0 Å². The Morgan fingerprint density at radius 1 is 0.447 bits per heavy atom. The lowest BCUT2D eigenvalue weighted by atomic mass is 10.1. The van der Waals surface area contributed by atoms with Crippen molar-refractivity contribution in [2.75, 3.05) is 28.4 Å². The second-order valence-corrected chi connectivity index (χ2v) is 9.58. The van der Waals surface area contributed by atoms with Gasteiger partial charge in [0.15, 0.2) is 0 Å². The molecule has 6 rings (SSSR count). The molecule has 0 fully saturated rings. The monoisotopic (exact) mass is 628 g/mol. The second-order valence-electron chi connectivity index (χ2n) is 9.58. The lowest BCUT2D eigenvalue weighted by molar-refractivity contribution is 0.413. The number of pyridine rings is 6. The lowest BCUT2D eigenvalue weighted by Crippen LogP contribution is -1.90. The fraction of sp³-hybridized carbons (Fsp3) is 0.135. The zero-order chi connectivity index (χ0) is 33.3. The Labute approximate surface area is 274 Å². The van der Waals surface area contributed by atoms with E-state index in [1.807, 2.05) is 66.9 Å². The van der Waals surface area contributed by atoms with E-state index in [9.17, 15) is 0 Å². The SMILES string of the molecule is C=CCc1ccnc(-c2ccccn2)c1.COc1ccnc(-c2cc(OC)ccn2)c1.COc1ccnc(-c2cc(OC)ccn2)c1. The molecule has 0 aliphatic carbocycles. The van der Waals surface area contributed by atoms with Crippen LogP contribution in [0.4, 0.5) is 0 Å². The standard InChI is InChI=1S/C13H12N2.2C12H12N2O2/c1-2-5-11-7-9-15-13(10-11)12-6-3-4-8-14-12;2*1-15-9-3-5-13-11(7-9)12-8-10(16-2)4-6-14-12/h2-4,6-10H,1,5H2;2*3-8H,1-2H3. The van der Waals surface area contributed by atoms with Crippen LogP contribution in [0.3, 0.4) is 0 Å². The molecule has 6 aromatic rings. The van der Waals surface area contributed by atoms with Gasteiger partial charge in [-0.1, -0.05) is 12.1 Å². The molecule has 0 saturated carbocycles. The molecule has 238 valence electrons. The molecular weight excluding hydrogens is 592 g/mol. The first-order valence-corrected chi connectivity index (χ1v) is 14.5. The van der Waals surface area contributed by atoms with Gasteiger partial charge in [0.1, 0.15) is 23.0 Å². The maximum atomic E-state index is 5.13. The molecule has 0 bridgehead atoms. The van der Waals surface area contributed by atoms with E-state index in [4.69, 9.17) is 18.9 Å². The first-order chi connectivity index (χ1) is 23.1. The average Bonchev–Trinajstić information content (AvgIpc) is 3.16. The van der Waals surface area contributed by atoms with Crippen molar-refractivity contribution in [2.45, 2.75) is 6.42 Å². The van der Waals surface area contributed by atoms with Crippen LogP contribution in [0.1, 0.15) is 5.56 Å². The highest BCUT2D eigenvalue weighted by Crippen LogP contribution is 2.23. The number of nitrogens with zero attached hydrogens (tertiary/aromatic N) is 6. The molecule has 0 aromatic carbocycles. The van der Waals surface area contributed by atoms with Gasteiger partial charge in [-0.25, -0.2) is 0 Å². The van der Waals surface area contributed by atoms with Gasteiger partial charge in [0.25, 0.3) is 0 Å². The third kappa shape index (κ3) is 10.2. The molecule has 0 saturated heterocycles. The maximum absolute atomic E-state index is 5.13. The highest BCUT2D eigenvalue weighted by Gasteiger charge is 2.05. The van der Waals surface area contributed by atoms with E-state index in [2.05, 4.69) is 36.5 Å². The van der Waals surface area contributed by atoms with Gasteiger partial charge >= 0.3 is 0 Å². The van der Waals surface area contributed by atoms with E-state index in [0.717, 1.165) is 63.6 Å². The number of hydrogen-bond donors (Lipinski definition) is 0. The molecule has 6 heterocycles. The van der Waals surface area contributed by atoms with Crippen LogP contribution in [0.5, 0.6) is 23.0 Å². The molecule has 10 nitrogen and oxygen atoms in total. The fourth-order valence-corrected chi connectivity index (χ4v) is 4.14. The minimum atomic E-state index is 0.759.